The fourth-order valence-corrected chi connectivity index (χ4v) is 2.88. The van der Waals surface area contributed by atoms with Crippen molar-refractivity contribution in [2.24, 2.45) is 0 Å². The topological polar surface area (TPSA) is 32.7 Å². The Bertz CT molecular complexity index is 652. The fraction of sp³-hybridized carbons (Fsp3) is 0.333. The molecular weight excluding hydrogens is 262 g/mol. The quantitative estimate of drug-likeness (QED) is 0.914. The molecule has 3 nitrogen and oxygen atoms in total. The number of hydrogen-bond acceptors (Lipinski definition) is 3. The van der Waals surface area contributed by atoms with Crippen LogP contribution in [-0.2, 0) is 6.54 Å². The van der Waals surface area contributed by atoms with Crippen LogP contribution in [0.15, 0.2) is 36.4 Å². The van der Waals surface area contributed by atoms with Gasteiger partial charge in [-0.3, -0.25) is 4.90 Å². The van der Waals surface area contributed by atoms with Crippen LogP contribution in [0.2, 0.25) is 0 Å². The van der Waals surface area contributed by atoms with Gasteiger partial charge in [-0.15, -0.1) is 0 Å². The smallest absolute Gasteiger partial charge is 0.165 e. The summed E-state index contributed by atoms with van der Waals surface area (Å²) in [4.78, 5) is 2.33. The van der Waals surface area contributed by atoms with E-state index in [1.165, 1.54) is 5.56 Å². The molecule has 0 radical (unpaired) electrons. The van der Waals surface area contributed by atoms with Crippen LogP contribution in [-0.4, -0.2) is 29.7 Å². The minimum atomic E-state index is 0.240. The second-order valence-corrected chi connectivity index (χ2v) is 5.52. The zero-order valence-corrected chi connectivity index (χ0v) is 12.6. The normalized spacial score (nSPS) is 15.1. The van der Waals surface area contributed by atoms with Crippen molar-refractivity contribution in [2.75, 3.05) is 19.7 Å². The van der Waals surface area contributed by atoms with E-state index in [2.05, 4.69) is 36.9 Å². The lowest BCUT2D eigenvalue weighted by atomic mass is 9.98. The number of phenolic OH excluding ortho intramolecular Hbond substituents is 1. The number of benzene rings is 2. The highest BCUT2D eigenvalue weighted by Crippen LogP contribution is 2.38. The van der Waals surface area contributed by atoms with Crippen LogP contribution in [0.3, 0.4) is 0 Å². The molecule has 0 unspecified atom stereocenters. The highest BCUT2D eigenvalue weighted by atomic mass is 16.5. The minimum Gasteiger partial charge on any atom is -0.504 e. The fourth-order valence-electron chi connectivity index (χ4n) is 2.88. The Morgan fingerprint density at radius 2 is 2.05 bits per heavy atom. The van der Waals surface area contributed by atoms with Gasteiger partial charge in [-0.25, -0.2) is 0 Å². The monoisotopic (exact) mass is 283 g/mol. The van der Waals surface area contributed by atoms with Gasteiger partial charge in [-0.05, 0) is 42.3 Å². The Hall–Kier alpha value is -2.00. The molecule has 0 amide bonds. The summed E-state index contributed by atoms with van der Waals surface area (Å²) in [5, 5.41) is 10.3. The highest BCUT2D eigenvalue weighted by Gasteiger charge is 2.19. The van der Waals surface area contributed by atoms with Crippen LogP contribution in [0.25, 0.3) is 11.1 Å². The largest absolute Gasteiger partial charge is 0.504 e. The molecule has 1 aliphatic rings. The molecule has 0 bridgehead atoms. The summed E-state index contributed by atoms with van der Waals surface area (Å²) in [6.07, 6.45) is 0. The zero-order chi connectivity index (χ0) is 14.8. The molecule has 21 heavy (non-hydrogen) atoms. The molecule has 0 aromatic heterocycles. The molecular formula is C18H21NO2. The van der Waals surface area contributed by atoms with E-state index in [9.17, 15) is 5.11 Å². The van der Waals surface area contributed by atoms with Gasteiger partial charge in [0.15, 0.2) is 11.5 Å². The summed E-state index contributed by atoms with van der Waals surface area (Å²) in [7, 11) is 0. The van der Waals surface area contributed by atoms with Crippen LogP contribution in [0.5, 0.6) is 11.5 Å². The first-order valence-corrected chi connectivity index (χ1v) is 7.46. The van der Waals surface area contributed by atoms with E-state index in [4.69, 9.17) is 4.74 Å². The lowest BCUT2D eigenvalue weighted by Crippen LogP contribution is -2.25. The lowest BCUT2D eigenvalue weighted by molar-refractivity contribution is 0.231. The number of rotatable bonds is 2. The number of ether oxygens (including phenoxy) is 1. The molecule has 0 atom stereocenters. The Balaban J connectivity index is 2.08. The van der Waals surface area contributed by atoms with Crippen molar-refractivity contribution in [1.29, 1.82) is 0 Å². The van der Waals surface area contributed by atoms with Gasteiger partial charge in [-0.2, -0.15) is 0 Å². The standard InChI is InChI=1S/C18H21NO2/c1-3-19-8-9-21-18-15(12-19)10-14(11-17(18)20)16-7-5-4-6-13(16)2/h4-7,10-11,20H,3,8-9,12H2,1-2H3. The average molecular weight is 283 g/mol. The third kappa shape index (κ3) is 2.74. The molecule has 110 valence electrons. The number of phenols is 1. The molecule has 1 N–H and O–H groups in total. The summed E-state index contributed by atoms with van der Waals surface area (Å²) in [5.41, 5.74) is 4.47. The molecule has 3 heteroatoms. The van der Waals surface area contributed by atoms with Gasteiger partial charge in [-0.1, -0.05) is 31.2 Å². The van der Waals surface area contributed by atoms with Crippen LogP contribution in [0.4, 0.5) is 0 Å². The number of aryl methyl sites for hydroxylation is 1. The highest BCUT2D eigenvalue weighted by molar-refractivity contribution is 5.71. The van der Waals surface area contributed by atoms with E-state index in [-0.39, 0.29) is 5.75 Å². The Labute approximate surface area is 125 Å². The molecule has 0 aliphatic carbocycles. The van der Waals surface area contributed by atoms with Gasteiger partial charge in [0, 0.05) is 18.7 Å². The third-order valence-electron chi connectivity index (χ3n) is 4.10. The molecule has 0 fully saturated rings. The number of hydrogen-bond donors (Lipinski definition) is 1. The Morgan fingerprint density at radius 3 is 2.81 bits per heavy atom. The minimum absolute atomic E-state index is 0.240. The van der Waals surface area contributed by atoms with Gasteiger partial charge in [0.05, 0.1) is 0 Å². The van der Waals surface area contributed by atoms with Crippen LogP contribution in [0.1, 0.15) is 18.1 Å². The second kappa shape index (κ2) is 5.78. The van der Waals surface area contributed by atoms with Gasteiger partial charge < -0.3 is 9.84 Å². The molecule has 2 aromatic rings. The van der Waals surface area contributed by atoms with Crippen LogP contribution >= 0.6 is 0 Å². The van der Waals surface area contributed by atoms with E-state index in [1.54, 1.807) is 0 Å². The first-order chi connectivity index (χ1) is 10.2. The molecule has 1 heterocycles. The Kier molecular flexibility index (Phi) is 3.84. The van der Waals surface area contributed by atoms with E-state index in [1.807, 2.05) is 18.2 Å². The number of fused-ring (bicyclic) bond motifs is 1. The molecule has 2 aromatic carbocycles. The maximum absolute atomic E-state index is 10.3. The molecule has 0 saturated carbocycles. The Morgan fingerprint density at radius 1 is 1.24 bits per heavy atom. The van der Waals surface area contributed by atoms with Gasteiger partial charge in [0.25, 0.3) is 0 Å². The third-order valence-corrected chi connectivity index (χ3v) is 4.10. The predicted octanol–water partition coefficient (Wildman–Crippen LogP) is 3.58. The maximum atomic E-state index is 10.3. The molecule has 0 spiro atoms. The van der Waals surface area contributed by atoms with Crippen molar-refractivity contribution in [3.8, 4) is 22.6 Å². The number of aromatic hydroxyl groups is 1. The van der Waals surface area contributed by atoms with E-state index >= 15 is 0 Å². The first-order valence-electron chi connectivity index (χ1n) is 7.46. The van der Waals surface area contributed by atoms with Crippen molar-refractivity contribution in [3.05, 3.63) is 47.5 Å². The van der Waals surface area contributed by atoms with Gasteiger partial charge in [0.2, 0.25) is 0 Å². The summed E-state index contributed by atoms with van der Waals surface area (Å²) in [5.74, 6) is 0.881. The average Bonchev–Trinajstić information content (AvgIpc) is 2.70. The summed E-state index contributed by atoms with van der Waals surface area (Å²) in [6, 6.07) is 12.2. The van der Waals surface area contributed by atoms with Gasteiger partial charge >= 0.3 is 0 Å². The predicted molar refractivity (Wildman–Crippen MR) is 84.7 cm³/mol. The van der Waals surface area contributed by atoms with Crippen molar-refractivity contribution in [3.63, 3.8) is 0 Å². The van der Waals surface area contributed by atoms with Crippen LogP contribution in [0, 0.1) is 6.92 Å². The molecule has 3 rings (SSSR count). The van der Waals surface area contributed by atoms with Gasteiger partial charge in [0.1, 0.15) is 6.61 Å². The van der Waals surface area contributed by atoms with E-state index < -0.39 is 0 Å². The molecule has 1 aliphatic heterocycles. The van der Waals surface area contributed by atoms with Crippen molar-refractivity contribution in [1.82, 2.24) is 4.90 Å². The lowest BCUT2D eigenvalue weighted by Gasteiger charge is -2.17. The SMILES string of the molecule is CCN1CCOc2c(O)cc(-c3ccccc3C)cc2C1. The summed E-state index contributed by atoms with van der Waals surface area (Å²) < 4.78 is 5.74. The number of nitrogens with zero attached hydrogens (tertiary/aromatic N) is 1. The van der Waals surface area contributed by atoms with E-state index in [0.717, 1.165) is 36.3 Å². The first kappa shape index (κ1) is 14.0. The van der Waals surface area contributed by atoms with Crippen LogP contribution < -0.4 is 4.74 Å². The zero-order valence-electron chi connectivity index (χ0n) is 12.6. The summed E-state index contributed by atoms with van der Waals surface area (Å²) >= 11 is 0. The maximum Gasteiger partial charge on any atom is 0.165 e. The molecule has 0 saturated heterocycles. The van der Waals surface area contributed by atoms with Crippen molar-refractivity contribution in [2.45, 2.75) is 20.4 Å². The van der Waals surface area contributed by atoms with Crippen molar-refractivity contribution < 1.29 is 9.84 Å². The second-order valence-electron chi connectivity index (χ2n) is 5.52. The summed E-state index contributed by atoms with van der Waals surface area (Å²) in [6.45, 7) is 7.56. The number of likely N-dealkylation sites (N-methyl/N-ethyl adjacent to an activating group) is 1. The van der Waals surface area contributed by atoms with Crippen molar-refractivity contribution >= 4 is 0 Å². The van der Waals surface area contributed by atoms with E-state index in [0.29, 0.717) is 12.4 Å².